The number of ether oxygens (including phenoxy) is 4. The molecule has 0 N–H and O–H groups in total. The maximum absolute atomic E-state index is 6.25. The van der Waals surface area contributed by atoms with Crippen molar-refractivity contribution in [3.05, 3.63) is 78.5 Å². The van der Waals surface area contributed by atoms with E-state index >= 15 is 0 Å². The lowest BCUT2D eigenvalue weighted by Gasteiger charge is -2.17. The molecule has 0 bridgehead atoms. The van der Waals surface area contributed by atoms with Crippen molar-refractivity contribution in [2.45, 2.75) is 26.6 Å². The van der Waals surface area contributed by atoms with Gasteiger partial charge in [0.2, 0.25) is 0 Å². The molecule has 5 rings (SSSR count). The Balaban J connectivity index is 1.67. The van der Waals surface area contributed by atoms with Gasteiger partial charge in [0.05, 0.1) is 25.8 Å². The molecule has 5 aromatic rings. The Morgan fingerprint density at radius 1 is 0.735 bits per heavy atom. The molecule has 1 aromatic heterocycles. The van der Waals surface area contributed by atoms with Crippen LogP contribution in [0.2, 0.25) is 0 Å². The van der Waals surface area contributed by atoms with Crippen LogP contribution in [0.5, 0.6) is 23.0 Å². The number of aromatic nitrogens is 1. The second-order valence-electron chi connectivity index (χ2n) is 8.44. The molecular formula is C29H27NO4. The van der Waals surface area contributed by atoms with E-state index in [1.165, 1.54) is 0 Å². The van der Waals surface area contributed by atoms with Crippen LogP contribution in [0.4, 0.5) is 0 Å². The molecule has 4 aromatic carbocycles. The van der Waals surface area contributed by atoms with Crippen molar-refractivity contribution in [3.8, 4) is 23.0 Å². The minimum absolute atomic E-state index is 0.0539. The summed E-state index contributed by atoms with van der Waals surface area (Å²) >= 11 is 0. The van der Waals surface area contributed by atoms with E-state index in [9.17, 15) is 0 Å². The Bertz CT molecular complexity index is 1480. The van der Waals surface area contributed by atoms with Crippen LogP contribution < -0.4 is 18.9 Å². The molecule has 0 aliphatic heterocycles. The standard InChI is InChI=1S/C29H27NO4/c1-18(2)34-27-14-20-10-11-22-21-12-13-25(31-3)29(33-17-19-8-6-5-7-9-19)24(21)16-30-28(22)23(20)15-26(27)32-4/h5-16,18H,17H2,1-4H3. The maximum atomic E-state index is 6.25. The van der Waals surface area contributed by atoms with E-state index in [2.05, 4.69) is 18.2 Å². The van der Waals surface area contributed by atoms with E-state index in [1.54, 1.807) is 14.2 Å². The van der Waals surface area contributed by atoms with Gasteiger partial charge < -0.3 is 18.9 Å². The molecule has 0 fully saturated rings. The fraction of sp³-hybridized carbons (Fsp3) is 0.207. The van der Waals surface area contributed by atoms with Gasteiger partial charge in [-0.05, 0) is 54.4 Å². The van der Waals surface area contributed by atoms with Crippen LogP contribution in [0.1, 0.15) is 19.4 Å². The SMILES string of the molecule is COc1cc2c(ccc3c4ccc(OC)c(OCc5ccccc5)c4cnc23)cc1OC(C)C. The molecule has 0 spiro atoms. The molecule has 0 aliphatic carbocycles. The molecule has 172 valence electrons. The summed E-state index contributed by atoms with van der Waals surface area (Å²) < 4.78 is 23.4. The Kier molecular flexibility index (Phi) is 5.84. The summed E-state index contributed by atoms with van der Waals surface area (Å²) in [5.41, 5.74) is 1.99. The van der Waals surface area contributed by atoms with Crippen molar-refractivity contribution in [3.63, 3.8) is 0 Å². The highest BCUT2D eigenvalue weighted by molar-refractivity contribution is 6.16. The number of benzene rings is 4. The van der Waals surface area contributed by atoms with Crippen LogP contribution in [-0.4, -0.2) is 25.3 Å². The average Bonchev–Trinajstić information content (AvgIpc) is 2.86. The molecule has 0 unspecified atom stereocenters. The van der Waals surface area contributed by atoms with Crippen molar-refractivity contribution in [2.24, 2.45) is 0 Å². The van der Waals surface area contributed by atoms with Gasteiger partial charge in [-0.25, -0.2) is 0 Å². The van der Waals surface area contributed by atoms with Crippen molar-refractivity contribution in [1.29, 1.82) is 0 Å². The van der Waals surface area contributed by atoms with Gasteiger partial charge in [0.25, 0.3) is 0 Å². The summed E-state index contributed by atoms with van der Waals surface area (Å²) in [5, 5.41) is 5.06. The lowest BCUT2D eigenvalue weighted by Crippen LogP contribution is -2.06. The molecule has 1 heterocycles. The predicted octanol–water partition coefficient (Wildman–Crippen LogP) is 6.92. The van der Waals surface area contributed by atoms with Crippen molar-refractivity contribution in [2.75, 3.05) is 14.2 Å². The monoisotopic (exact) mass is 453 g/mol. The lowest BCUT2D eigenvalue weighted by atomic mass is 10.0. The Morgan fingerprint density at radius 3 is 2.24 bits per heavy atom. The van der Waals surface area contributed by atoms with Gasteiger partial charge in [-0.15, -0.1) is 0 Å². The average molecular weight is 454 g/mol. The minimum atomic E-state index is 0.0539. The third-order valence-corrected chi connectivity index (χ3v) is 5.86. The number of hydrogen-bond donors (Lipinski definition) is 0. The fourth-order valence-corrected chi connectivity index (χ4v) is 4.29. The molecule has 0 radical (unpaired) electrons. The van der Waals surface area contributed by atoms with E-state index in [4.69, 9.17) is 23.9 Å². The summed E-state index contributed by atoms with van der Waals surface area (Å²) in [7, 11) is 3.31. The molecule has 5 heteroatoms. The first-order valence-electron chi connectivity index (χ1n) is 11.3. The molecular weight excluding hydrogens is 426 g/mol. The second-order valence-corrected chi connectivity index (χ2v) is 8.44. The molecule has 0 atom stereocenters. The number of nitrogens with zero attached hydrogens (tertiary/aromatic N) is 1. The molecule has 0 aliphatic rings. The van der Waals surface area contributed by atoms with Gasteiger partial charge in [0.15, 0.2) is 23.0 Å². The first kappa shape index (κ1) is 21.8. The molecule has 0 saturated heterocycles. The first-order chi connectivity index (χ1) is 16.6. The first-order valence-corrected chi connectivity index (χ1v) is 11.3. The normalized spacial score (nSPS) is 11.3. The van der Waals surface area contributed by atoms with Crippen LogP contribution in [0, 0.1) is 0 Å². The second kappa shape index (κ2) is 9.10. The van der Waals surface area contributed by atoms with E-state index < -0.39 is 0 Å². The number of pyridine rings is 1. The quantitative estimate of drug-likeness (QED) is 0.250. The third kappa shape index (κ3) is 3.94. The Morgan fingerprint density at radius 2 is 1.50 bits per heavy atom. The highest BCUT2D eigenvalue weighted by Gasteiger charge is 2.16. The van der Waals surface area contributed by atoms with Crippen molar-refractivity contribution >= 4 is 32.4 Å². The number of rotatable bonds is 7. The third-order valence-electron chi connectivity index (χ3n) is 5.86. The van der Waals surface area contributed by atoms with E-state index in [-0.39, 0.29) is 6.10 Å². The molecule has 5 nitrogen and oxygen atoms in total. The fourth-order valence-electron chi connectivity index (χ4n) is 4.29. The number of hydrogen-bond acceptors (Lipinski definition) is 5. The van der Waals surface area contributed by atoms with Crippen molar-refractivity contribution in [1.82, 2.24) is 4.98 Å². The van der Waals surface area contributed by atoms with Crippen LogP contribution in [0.15, 0.2) is 72.9 Å². The Hall–Kier alpha value is -3.99. The zero-order valence-electron chi connectivity index (χ0n) is 19.8. The van der Waals surface area contributed by atoms with Crippen LogP contribution in [-0.2, 0) is 6.61 Å². The van der Waals surface area contributed by atoms with E-state index in [0.29, 0.717) is 23.9 Å². The summed E-state index contributed by atoms with van der Waals surface area (Å²) in [4.78, 5) is 4.86. The van der Waals surface area contributed by atoms with Gasteiger partial charge >= 0.3 is 0 Å². The van der Waals surface area contributed by atoms with Crippen molar-refractivity contribution < 1.29 is 18.9 Å². The van der Waals surface area contributed by atoms with Gasteiger partial charge in [-0.3, -0.25) is 4.98 Å². The minimum Gasteiger partial charge on any atom is -0.493 e. The van der Waals surface area contributed by atoms with Crippen LogP contribution >= 0.6 is 0 Å². The summed E-state index contributed by atoms with van der Waals surface area (Å²) in [6.07, 6.45) is 1.92. The van der Waals surface area contributed by atoms with E-state index in [0.717, 1.165) is 43.8 Å². The van der Waals surface area contributed by atoms with Gasteiger partial charge in [0, 0.05) is 22.4 Å². The van der Waals surface area contributed by atoms with Gasteiger partial charge in [-0.2, -0.15) is 0 Å². The predicted molar refractivity (Wildman–Crippen MR) is 136 cm³/mol. The lowest BCUT2D eigenvalue weighted by molar-refractivity contribution is 0.230. The maximum Gasteiger partial charge on any atom is 0.171 e. The molecule has 34 heavy (non-hydrogen) atoms. The smallest absolute Gasteiger partial charge is 0.171 e. The summed E-state index contributed by atoms with van der Waals surface area (Å²) in [5.74, 6) is 2.79. The van der Waals surface area contributed by atoms with Crippen LogP contribution in [0.25, 0.3) is 32.4 Å². The zero-order valence-corrected chi connectivity index (χ0v) is 19.8. The molecule has 0 saturated carbocycles. The highest BCUT2D eigenvalue weighted by atomic mass is 16.5. The van der Waals surface area contributed by atoms with E-state index in [1.807, 2.05) is 68.6 Å². The Labute approximate surface area is 198 Å². The van der Waals surface area contributed by atoms with Crippen LogP contribution in [0.3, 0.4) is 0 Å². The summed E-state index contributed by atoms with van der Waals surface area (Å²) in [6.45, 7) is 4.45. The highest BCUT2D eigenvalue weighted by Crippen LogP contribution is 2.41. The topological polar surface area (TPSA) is 49.8 Å². The largest absolute Gasteiger partial charge is 0.493 e. The van der Waals surface area contributed by atoms with Gasteiger partial charge in [0.1, 0.15) is 6.61 Å². The molecule has 0 amide bonds. The summed E-state index contributed by atoms with van der Waals surface area (Å²) in [6, 6.07) is 22.3. The number of fused-ring (bicyclic) bond motifs is 5. The van der Waals surface area contributed by atoms with Gasteiger partial charge in [-0.1, -0.05) is 42.5 Å². The zero-order chi connectivity index (χ0) is 23.7. The number of methoxy groups -OCH3 is 2.